The summed E-state index contributed by atoms with van der Waals surface area (Å²) in [6, 6.07) is 15.1. The van der Waals surface area contributed by atoms with E-state index < -0.39 is 17.6 Å². The molecule has 36 heavy (non-hydrogen) atoms. The first kappa shape index (κ1) is 22.5. The summed E-state index contributed by atoms with van der Waals surface area (Å²) in [6.07, 6.45) is 1.41. The molecule has 182 valence electrons. The predicted octanol–water partition coefficient (Wildman–Crippen LogP) is 5.84. The zero-order valence-electron chi connectivity index (χ0n) is 19.5. The Kier molecular flexibility index (Phi) is 5.41. The summed E-state index contributed by atoms with van der Waals surface area (Å²) >= 11 is 0. The fourth-order valence-corrected chi connectivity index (χ4v) is 5.17. The van der Waals surface area contributed by atoms with Crippen LogP contribution in [-0.2, 0) is 17.9 Å². The van der Waals surface area contributed by atoms with Gasteiger partial charge in [0.15, 0.2) is 0 Å². The number of benzene rings is 3. The van der Waals surface area contributed by atoms with Crippen LogP contribution in [0.4, 0.5) is 8.78 Å². The van der Waals surface area contributed by atoms with E-state index in [-0.39, 0.29) is 11.5 Å². The Balaban J connectivity index is 1.20. The number of carboxylic acids is 1. The van der Waals surface area contributed by atoms with E-state index >= 15 is 0 Å². The van der Waals surface area contributed by atoms with Gasteiger partial charge in [0.2, 0.25) is 5.82 Å². The van der Waals surface area contributed by atoms with Gasteiger partial charge in [0.1, 0.15) is 11.6 Å². The van der Waals surface area contributed by atoms with Crippen molar-refractivity contribution in [3.63, 3.8) is 0 Å². The van der Waals surface area contributed by atoms with Crippen LogP contribution in [0.1, 0.15) is 29.5 Å². The van der Waals surface area contributed by atoms with Gasteiger partial charge in [0, 0.05) is 35.8 Å². The molecule has 4 aromatic rings. The van der Waals surface area contributed by atoms with E-state index in [0.717, 1.165) is 36.3 Å². The van der Waals surface area contributed by atoms with E-state index in [1.54, 1.807) is 12.1 Å². The van der Waals surface area contributed by atoms with Gasteiger partial charge in [-0.05, 0) is 78.4 Å². The first-order valence-electron chi connectivity index (χ1n) is 11.8. The highest BCUT2D eigenvalue weighted by atomic mass is 19.1. The van der Waals surface area contributed by atoms with Crippen LogP contribution >= 0.6 is 0 Å². The number of aliphatic carboxylic acids is 1. The Hall–Kier alpha value is -3.91. The molecular formula is C28H23F2N3O3. The number of carbonyl (C=O) groups is 1. The normalized spacial score (nSPS) is 19.2. The van der Waals surface area contributed by atoms with E-state index in [0.29, 0.717) is 41.7 Å². The van der Waals surface area contributed by atoms with Crippen LogP contribution in [0.2, 0.25) is 0 Å². The Bertz CT molecular complexity index is 1490. The Morgan fingerprint density at radius 1 is 0.972 bits per heavy atom. The Morgan fingerprint density at radius 2 is 1.75 bits per heavy atom. The number of hydrogen-bond acceptors (Lipinski definition) is 5. The fraction of sp³-hybridized carbons (Fsp3) is 0.250. The van der Waals surface area contributed by atoms with Crippen molar-refractivity contribution in [1.29, 1.82) is 0 Å². The first-order valence-corrected chi connectivity index (χ1v) is 11.8. The van der Waals surface area contributed by atoms with Crippen LogP contribution < -0.4 is 0 Å². The summed E-state index contributed by atoms with van der Waals surface area (Å²) in [5, 5.41) is 13.3. The van der Waals surface area contributed by atoms with Crippen molar-refractivity contribution in [2.75, 3.05) is 0 Å². The molecule has 0 saturated heterocycles. The zero-order chi connectivity index (χ0) is 25.0. The van der Waals surface area contributed by atoms with Gasteiger partial charge in [-0.1, -0.05) is 23.4 Å². The molecule has 0 amide bonds. The van der Waals surface area contributed by atoms with Crippen LogP contribution in [0.5, 0.6) is 0 Å². The molecule has 0 radical (unpaired) electrons. The maximum Gasteiger partial charge on any atom is 0.306 e. The van der Waals surface area contributed by atoms with Crippen molar-refractivity contribution < 1.29 is 23.2 Å². The average Bonchev–Trinajstić information content (AvgIpc) is 3.46. The van der Waals surface area contributed by atoms with Gasteiger partial charge in [-0.15, -0.1) is 0 Å². The first-order chi connectivity index (χ1) is 17.4. The molecule has 1 N–H and O–H groups in total. The molecule has 2 heterocycles. The van der Waals surface area contributed by atoms with Gasteiger partial charge >= 0.3 is 5.97 Å². The second-order valence-corrected chi connectivity index (χ2v) is 9.63. The van der Waals surface area contributed by atoms with Crippen LogP contribution in [0.3, 0.4) is 0 Å². The summed E-state index contributed by atoms with van der Waals surface area (Å²) in [7, 11) is 0. The molecule has 6 rings (SSSR count). The maximum atomic E-state index is 14.3. The van der Waals surface area contributed by atoms with Crippen LogP contribution in [0.25, 0.3) is 34.0 Å². The van der Waals surface area contributed by atoms with Gasteiger partial charge < -0.3 is 9.63 Å². The van der Waals surface area contributed by atoms with Crippen LogP contribution in [0, 0.1) is 24.5 Å². The molecule has 8 heteroatoms. The summed E-state index contributed by atoms with van der Waals surface area (Å²) in [6.45, 7) is 3.43. The van der Waals surface area contributed by atoms with Crippen molar-refractivity contribution in [2.45, 2.75) is 38.9 Å². The minimum absolute atomic E-state index is 0.206. The van der Waals surface area contributed by atoms with E-state index in [2.05, 4.69) is 27.2 Å². The third-order valence-corrected chi connectivity index (χ3v) is 7.31. The maximum absolute atomic E-state index is 14.3. The number of hydrogen-bond donors (Lipinski definition) is 1. The number of halogens is 2. The van der Waals surface area contributed by atoms with E-state index in [1.165, 1.54) is 17.2 Å². The van der Waals surface area contributed by atoms with Gasteiger partial charge in [-0.2, -0.15) is 4.98 Å². The highest BCUT2D eigenvalue weighted by molar-refractivity contribution is 5.72. The molecule has 2 aliphatic rings. The lowest BCUT2D eigenvalue weighted by Crippen LogP contribution is -2.44. The standard InChI is InChI=1S/C28H23F2N3O3/c1-15-8-17(4-6-23(15)24-12-21(29)5-7-25(24)30)27-31-26(32-36-27)16-2-3-18-13-33(14-20(18)9-16)22-10-19(11-22)28(34)35/h2-9,12,19,22H,10-11,13-14H2,1H3,(H,34,35). The molecule has 1 aromatic heterocycles. The van der Waals surface area contributed by atoms with Crippen LogP contribution in [0.15, 0.2) is 59.1 Å². The van der Waals surface area contributed by atoms with Gasteiger partial charge in [0.25, 0.3) is 5.89 Å². The lowest BCUT2D eigenvalue weighted by atomic mass is 9.79. The lowest BCUT2D eigenvalue weighted by molar-refractivity contribution is -0.147. The predicted molar refractivity (Wildman–Crippen MR) is 129 cm³/mol. The van der Waals surface area contributed by atoms with Crippen molar-refractivity contribution in [3.8, 4) is 34.0 Å². The molecule has 0 unspecified atom stereocenters. The van der Waals surface area contributed by atoms with Gasteiger partial charge in [-0.25, -0.2) is 8.78 Å². The molecular weight excluding hydrogens is 464 g/mol. The highest BCUT2D eigenvalue weighted by Gasteiger charge is 2.39. The average molecular weight is 488 g/mol. The molecule has 0 atom stereocenters. The van der Waals surface area contributed by atoms with Crippen LogP contribution in [-0.4, -0.2) is 32.2 Å². The lowest BCUT2D eigenvalue weighted by Gasteiger charge is -2.39. The van der Waals surface area contributed by atoms with E-state index in [9.17, 15) is 13.6 Å². The number of aryl methyl sites for hydroxylation is 1. The summed E-state index contributed by atoms with van der Waals surface area (Å²) in [5.74, 6) is -1.09. The number of carboxylic acid groups (broad SMARTS) is 1. The minimum atomic E-state index is -0.705. The molecule has 0 bridgehead atoms. The smallest absolute Gasteiger partial charge is 0.306 e. The molecule has 6 nitrogen and oxygen atoms in total. The topological polar surface area (TPSA) is 79.5 Å². The van der Waals surface area contributed by atoms with E-state index in [4.69, 9.17) is 9.63 Å². The largest absolute Gasteiger partial charge is 0.481 e. The quantitative estimate of drug-likeness (QED) is 0.381. The minimum Gasteiger partial charge on any atom is -0.481 e. The second kappa shape index (κ2) is 8.64. The second-order valence-electron chi connectivity index (χ2n) is 9.63. The summed E-state index contributed by atoms with van der Waals surface area (Å²) in [5.41, 5.74) is 5.52. The summed E-state index contributed by atoms with van der Waals surface area (Å²) < 4.78 is 33.4. The van der Waals surface area contributed by atoms with Crippen molar-refractivity contribution >= 4 is 5.97 Å². The molecule has 1 aliphatic carbocycles. The Morgan fingerprint density at radius 3 is 2.53 bits per heavy atom. The molecule has 1 saturated carbocycles. The molecule has 1 fully saturated rings. The summed E-state index contributed by atoms with van der Waals surface area (Å²) in [4.78, 5) is 18.0. The van der Waals surface area contributed by atoms with Gasteiger partial charge in [0.05, 0.1) is 5.92 Å². The molecule has 1 aliphatic heterocycles. The SMILES string of the molecule is Cc1cc(-c2nc(-c3ccc4c(c3)CN(C3CC(C(=O)O)C3)C4)no2)ccc1-c1cc(F)ccc1F. The fourth-order valence-electron chi connectivity index (χ4n) is 5.17. The Labute approximate surface area is 206 Å². The zero-order valence-corrected chi connectivity index (χ0v) is 19.5. The third kappa shape index (κ3) is 3.97. The molecule has 3 aromatic carbocycles. The van der Waals surface area contributed by atoms with Crippen molar-refractivity contribution in [3.05, 3.63) is 82.9 Å². The monoisotopic (exact) mass is 487 g/mol. The number of nitrogens with zero attached hydrogens (tertiary/aromatic N) is 3. The van der Waals surface area contributed by atoms with Crippen molar-refractivity contribution in [2.24, 2.45) is 5.92 Å². The number of aromatic nitrogens is 2. The molecule has 0 spiro atoms. The number of fused-ring (bicyclic) bond motifs is 1. The highest BCUT2D eigenvalue weighted by Crippen LogP contribution is 2.38. The van der Waals surface area contributed by atoms with Gasteiger partial charge in [-0.3, -0.25) is 9.69 Å². The third-order valence-electron chi connectivity index (χ3n) is 7.31. The number of rotatable bonds is 5. The van der Waals surface area contributed by atoms with Crippen molar-refractivity contribution in [1.82, 2.24) is 15.0 Å². The van der Waals surface area contributed by atoms with E-state index in [1.807, 2.05) is 19.1 Å².